The van der Waals surface area contributed by atoms with Crippen LogP contribution >= 0.6 is 0 Å². The predicted octanol–water partition coefficient (Wildman–Crippen LogP) is 3.71. The van der Waals surface area contributed by atoms with Gasteiger partial charge >= 0.3 is 0 Å². The monoisotopic (exact) mass is 236 g/mol. The minimum Gasteiger partial charge on any atom is -0.396 e. The molecule has 17 heavy (non-hydrogen) atoms. The van der Waals surface area contributed by atoms with E-state index in [2.05, 4.69) is 20.8 Å². The van der Waals surface area contributed by atoms with Crippen molar-refractivity contribution in [3.05, 3.63) is 0 Å². The highest BCUT2D eigenvalue weighted by atomic mass is 16.3. The molecule has 0 amide bonds. The van der Waals surface area contributed by atoms with Gasteiger partial charge in [-0.25, -0.2) is 0 Å². The van der Waals surface area contributed by atoms with Gasteiger partial charge in [0.15, 0.2) is 0 Å². The smallest absolute Gasteiger partial charge is 0.0490 e. The molecule has 2 bridgehead atoms. The molecule has 7 atom stereocenters. The van der Waals surface area contributed by atoms with Gasteiger partial charge in [0.25, 0.3) is 0 Å². The molecule has 3 aliphatic rings. The standard InChI is InChI=1S/C16H28O/c1-4-11-6-10(3)14-12-7-13(15(11)14)16(5-2,8-12)9-17/h10-15,17H,4-9H2,1-3H3. The van der Waals surface area contributed by atoms with Crippen molar-refractivity contribution in [2.45, 2.75) is 52.9 Å². The Bertz CT molecular complexity index is 294. The molecule has 3 saturated carbocycles. The van der Waals surface area contributed by atoms with Gasteiger partial charge in [-0.05, 0) is 66.6 Å². The molecule has 1 heteroatoms. The van der Waals surface area contributed by atoms with Crippen LogP contribution in [0.25, 0.3) is 0 Å². The third-order valence-corrected chi connectivity index (χ3v) is 6.88. The Labute approximate surface area is 106 Å². The molecule has 3 rings (SSSR count). The SMILES string of the molecule is CCC1CC(C)C2C3CC(C12)C(CC)(CO)C3. The first-order valence-corrected chi connectivity index (χ1v) is 7.77. The molecule has 0 aromatic rings. The van der Waals surface area contributed by atoms with Crippen LogP contribution in [0.3, 0.4) is 0 Å². The highest BCUT2D eigenvalue weighted by Gasteiger charge is 2.63. The quantitative estimate of drug-likeness (QED) is 0.792. The molecule has 0 aliphatic heterocycles. The molecule has 98 valence electrons. The maximum Gasteiger partial charge on any atom is 0.0490 e. The Morgan fingerprint density at radius 2 is 1.94 bits per heavy atom. The number of aliphatic hydroxyl groups is 1. The van der Waals surface area contributed by atoms with E-state index in [0.29, 0.717) is 12.0 Å². The summed E-state index contributed by atoms with van der Waals surface area (Å²) in [5, 5.41) is 9.88. The van der Waals surface area contributed by atoms with Gasteiger partial charge in [-0.1, -0.05) is 27.2 Å². The van der Waals surface area contributed by atoms with Crippen molar-refractivity contribution in [1.29, 1.82) is 0 Å². The maximum absolute atomic E-state index is 9.88. The molecular formula is C16H28O. The third kappa shape index (κ3) is 1.41. The van der Waals surface area contributed by atoms with Crippen molar-refractivity contribution in [3.8, 4) is 0 Å². The van der Waals surface area contributed by atoms with E-state index in [-0.39, 0.29) is 0 Å². The summed E-state index contributed by atoms with van der Waals surface area (Å²) in [6.45, 7) is 7.60. The van der Waals surface area contributed by atoms with Gasteiger partial charge in [0.2, 0.25) is 0 Å². The van der Waals surface area contributed by atoms with Crippen LogP contribution in [0.2, 0.25) is 0 Å². The summed E-state index contributed by atoms with van der Waals surface area (Å²) in [6.07, 6.45) is 6.78. The van der Waals surface area contributed by atoms with Crippen LogP contribution in [0.15, 0.2) is 0 Å². The molecule has 0 aromatic carbocycles. The molecule has 3 fully saturated rings. The van der Waals surface area contributed by atoms with Crippen molar-refractivity contribution >= 4 is 0 Å². The zero-order valence-corrected chi connectivity index (χ0v) is 11.7. The van der Waals surface area contributed by atoms with Gasteiger partial charge in [0.05, 0.1) is 0 Å². The molecule has 1 nitrogen and oxygen atoms in total. The van der Waals surface area contributed by atoms with Gasteiger partial charge in [-0.15, -0.1) is 0 Å². The van der Waals surface area contributed by atoms with E-state index < -0.39 is 0 Å². The van der Waals surface area contributed by atoms with Crippen LogP contribution in [0.5, 0.6) is 0 Å². The fraction of sp³-hybridized carbons (Fsp3) is 1.00. The number of fused-ring (bicyclic) bond motifs is 5. The van der Waals surface area contributed by atoms with Gasteiger partial charge < -0.3 is 5.11 Å². The maximum atomic E-state index is 9.88. The first-order valence-electron chi connectivity index (χ1n) is 7.77. The summed E-state index contributed by atoms with van der Waals surface area (Å²) in [5.74, 6) is 5.68. The van der Waals surface area contributed by atoms with E-state index in [1.807, 2.05) is 0 Å². The molecule has 0 saturated heterocycles. The van der Waals surface area contributed by atoms with E-state index in [0.717, 1.165) is 35.5 Å². The average Bonchev–Trinajstić information content (AvgIpc) is 2.98. The predicted molar refractivity (Wildman–Crippen MR) is 70.6 cm³/mol. The Hall–Kier alpha value is -0.0400. The molecule has 0 radical (unpaired) electrons. The Kier molecular flexibility index (Phi) is 2.81. The normalized spacial score (nSPS) is 56.5. The van der Waals surface area contributed by atoms with Crippen LogP contribution in [-0.4, -0.2) is 11.7 Å². The van der Waals surface area contributed by atoms with Crippen molar-refractivity contribution in [2.24, 2.45) is 40.9 Å². The first-order chi connectivity index (χ1) is 8.16. The molecule has 0 heterocycles. The molecular weight excluding hydrogens is 208 g/mol. The highest BCUT2D eigenvalue weighted by molar-refractivity contribution is 5.11. The van der Waals surface area contributed by atoms with E-state index in [1.165, 1.54) is 32.1 Å². The molecule has 3 aliphatic carbocycles. The molecule has 7 unspecified atom stereocenters. The second kappa shape index (κ2) is 3.98. The van der Waals surface area contributed by atoms with E-state index in [4.69, 9.17) is 0 Å². The first kappa shape index (κ1) is 12.0. The number of hydrogen-bond donors (Lipinski definition) is 1. The average molecular weight is 236 g/mol. The molecule has 0 spiro atoms. The number of rotatable bonds is 3. The van der Waals surface area contributed by atoms with Gasteiger partial charge in [0.1, 0.15) is 0 Å². The number of hydrogen-bond acceptors (Lipinski definition) is 1. The highest BCUT2D eigenvalue weighted by Crippen LogP contribution is 2.69. The van der Waals surface area contributed by atoms with Crippen LogP contribution in [-0.2, 0) is 0 Å². The summed E-state index contributed by atoms with van der Waals surface area (Å²) >= 11 is 0. The van der Waals surface area contributed by atoms with Gasteiger partial charge in [0, 0.05) is 6.61 Å². The van der Waals surface area contributed by atoms with E-state index in [1.54, 1.807) is 0 Å². The summed E-state index contributed by atoms with van der Waals surface area (Å²) in [5.41, 5.74) is 0.309. The zero-order valence-electron chi connectivity index (χ0n) is 11.7. The van der Waals surface area contributed by atoms with E-state index >= 15 is 0 Å². The fourth-order valence-electron chi connectivity index (χ4n) is 6.19. The molecule has 0 aromatic heterocycles. The van der Waals surface area contributed by atoms with Crippen molar-refractivity contribution in [2.75, 3.05) is 6.61 Å². The van der Waals surface area contributed by atoms with Crippen molar-refractivity contribution < 1.29 is 5.11 Å². The lowest BCUT2D eigenvalue weighted by molar-refractivity contribution is 0.000686. The summed E-state index contributed by atoms with van der Waals surface area (Å²) in [6, 6.07) is 0. The van der Waals surface area contributed by atoms with Gasteiger partial charge in [-0.3, -0.25) is 0 Å². The van der Waals surface area contributed by atoms with Crippen LogP contribution in [0, 0.1) is 40.9 Å². The summed E-state index contributed by atoms with van der Waals surface area (Å²) in [7, 11) is 0. The van der Waals surface area contributed by atoms with Crippen LogP contribution < -0.4 is 0 Å². The number of aliphatic hydroxyl groups excluding tert-OH is 1. The zero-order chi connectivity index (χ0) is 12.2. The third-order valence-electron chi connectivity index (χ3n) is 6.88. The molecule has 1 N–H and O–H groups in total. The lowest BCUT2D eigenvalue weighted by Crippen LogP contribution is -2.40. The fourth-order valence-corrected chi connectivity index (χ4v) is 6.19. The topological polar surface area (TPSA) is 20.2 Å². The largest absolute Gasteiger partial charge is 0.396 e. The Balaban J connectivity index is 1.91. The second-order valence-electron chi connectivity index (χ2n) is 7.22. The lowest BCUT2D eigenvalue weighted by Gasteiger charge is -2.43. The van der Waals surface area contributed by atoms with Gasteiger partial charge in [-0.2, -0.15) is 0 Å². The van der Waals surface area contributed by atoms with E-state index in [9.17, 15) is 5.11 Å². The Morgan fingerprint density at radius 1 is 1.18 bits per heavy atom. The summed E-state index contributed by atoms with van der Waals surface area (Å²) < 4.78 is 0. The van der Waals surface area contributed by atoms with Crippen molar-refractivity contribution in [3.63, 3.8) is 0 Å². The Morgan fingerprint density at radius 3 is 2.53 bits per heavy atom. The minimum absolute atomic E-state index is 0.309. The van der Waals surface area contributed by atoms with Crippen LogP contribution in [0.1, 0.15) is 52.9 Å². The van der Waals surface area contributed by atoms with Crippen LogP contribution in [0.4, 0.5) is 0 Å². The minimum atomic E-state index is 0.309. The summed E-state index contributed by atoms with van der Waals surface area (Å²) in [4.78, 5) is 0. The lowest BCUT2D eigenvalue weighted by atomic mass is 9.62. The van der Waals surface area contributed by atoms with Crippen molar-refractivity contribution in [1.82, 2.24) is 0 Å². The second-order valence-corrected chi connectivity index (χ2v) is 7.22.